The van der Waals surface area contributed by atoms with Crippen LogP contribution in [0.1, 0.15) is 38.5 Å². The first-order chi connectivity index (χ1) is 10.3. The van der Waals surface area contributed by atoms with Crippen molar-refractivity contribution < 1.29 is 9.90 Å². The van der Waals surface area contributed by atoms with Crippen molar-refractivity contribution in [2.24, 2.45) is 0 Å². The minimum absolute atomic E-state index is 0.0108. The molecule has 1 N–H and O–H groups in total. The molecule has 0 fully saturated rings. The fourth-order valence-corrected chi connectivity index (χ4v) is 4.41. The van der Waals surface area contributed by atoms with Crippen LogP contribution < -0.4 is 0 Å². The van der Waals surface area contributed by atoms with Crippen molar-refractivity contribution in [1.29, 1.82) is 0 Å². The third-order valence-corrected chi connectivity index (χ3v) is 5.50. The third kappa shape index (κ3) is 1.98. The second-order valence-electron chi connectivity index (χ2n) is 5.42. The SMILES string of the molecule is O=C1c2ccccc2[C@H]2SC[C@H](O)c3ccccc3CN12. The van der Waals surface area contributed by atoms with Crippen LogP contribution in [0.2, 0.25) is 0 Å². The van der Waals surface area contributed by atoms with Gasteiger partial charge in [0, 0.05) is 17.9 Å². The first-order valence-corrected chi connectivity index (χ1v) is 8.08. The third-order valence-electron chi connectivity index (χ3n) is 4.17. The van der Waals surface area contributed by atoms with E-state index in [0.29, 0.717) is 12.3 Å². The van der Waals surface area contributed by atoms with Gasteiger partial charge >= 0.3 is 0 Å². The van der Waals surface area contributed by atoms with E-state index in [1.807, 2.05) is 53.4 Å². The van der Waals surface area contributed by atoms with Gasteiger partial charge in [-0.15, -0.1) is 11.8 Å². The quantitative estimate of drug-likeness (QED) is 0.812. The monoisotopic (exact) mass is 297 g/mol. The Morgan fingerprint density at radius 3 is 2.62 bits per heavy atom. The Kier molecular flexibility index (Phi) is 3.01. The summed E-state index contributed by atoms with van der Waals surface area (Å²) in [5, 5.41) is 10.4. The molecule has 1 amide bonds. The number of thioether (sulfide) groups is 1. The summed E-state index contributed by atoms with van der Waals surface area (Å²) in [4.78, 5) is 14.6. The number of aliphatic hydroxyl groups is 1. The molecule has 4 heteroatoms. The number of carbonyl (C=O) groups is 1. The molecule has 106 valence electrons. The van der Waals surface area contributed by atoms with Crippen molar-refractivity contribution in [3.05, 3.63) is 70.8 Å². The second-order valence-corrected chi connectivity index (χ2v) is 6.53. The van der Waals surface area contributed by atoms with Crippen LogP contribution in [0.5, 0.6) is 0 Å². The van der Waals surface area contributed by atoms with E-state index >= 15 is 0 Å². The van der Waals surface area contributed by atoms with Crippen LogP contribution in [0.3, 0.4) is 0 Å². The van der Waals surface area contributed by atoms with E-state index in [-0.39, 0.29) is 11.3 Å². The van der Waals surface area contributed by atoms with E-state index in [2.05, 4.69) is 0 Å². The van der Waals surface area contributed by atoms with Gasteiger partial charge in [-0.2, -0.15) is 0 Å². The molecule has 2 aliphatic rings. The summed E-state index contributed by atoms with van der Waals surface area (Å²) in [7, 11) is 0. The number of carbonyl (C=O) groups excluding carboxylic acids is 1. The molecule has 0 saturated heterocycles. The Labute approximate surface area is 127 Å². The highest BCUT2D eigenvalue weighted by molar-refractivity contribution is 7.99. The zero-order chi connectivity index (χ0) is 14.4. The molecule has 2 aliphatic heterocycles. The summed E-state index contributed by atoms with van der Waals surface area (Å²) in [5.41, 5.74) is 3.84. The first kappa shape index (κ1) is 12.9. The van der Waals surface area contributed by atoms with Gasteiger partial charge in [0.2, 0.25) is 0 Å². The van der Waals surface area contributed by atoms with Crippen LogP contribution in [0, 0.1) is 0 Å². The highest BCUT2D eigenvalue weighted by Crippen LogP contribution is 2.45. The predicted molar refractivity (Wildman–Crippen MR) is 82.9 cm³/mol. The van der Waals surface area contributed by atoms with E-state index in [1.165, 1.54) is 0 Å². The zero-order valence-electron chi connectivity index (χ0n) is 11.4. The van der Waals surface area contributed by atoms with Gasteiger partial charge in [0.1, 0.15) is 5.37 Å². The molecule has 0 spiro atoms. The molecule has 21 heavy (non-hydrogen) atoms. The maximum Gasteiger partial charge on any atom is 0.255 e. The number of fused-ring (bicyclic) bond motifs is 4. The van der Waals surface area contributed by atoms with Crippen molar-refractivity contribution in [2.75, 3.05) is 5.75 Å². The van der Waals surface area contributed by atoms with Crippen LogP contribution in [0.4, 0.5) is 0 Å². The van der Waals surface area contributed by atoms with E-state index in [1.54, 1.807) is 11.8 Å². The number of rotatable bonds is 0. The molecule has 3 nitrogen and oxygen atoms in total. The van der Waals surface area contributed by atoms with Crippen molar-refractivity contribution >= 4 is 17.7 Å². The Morgan fingerprint density at radius 1 is 1.05 bits per heavy atom. The molecule has 0 saturated carbocycles. The number of hydrogen-bond acceptors (Lipinski definition) is 3. The van der Waals surface area contributed by atoms with Gasteiger partial charge in [0.05, 0.1) is 6.10 Å². The van der Waals surface area contributed by atoms with Crippen LogP contribution in [0.15, 0.2) is 48.5 Å². The van der Waals surface area contributed by atoms with Gasteiger partial charge in [-0.1, -0.05) is 42.5 Å². The van der Waals surface area contributed by atoms with Gasteiger partial charge < -0.3 is 10.0 Å². The molecule has 0 unspecified atom stereocenters. The molecule has 0 radical (unpaired) electrons. The second kappa shape index (κ2) is 4.90. The van der Waals surface area contributed by atoms with Crippen molar-refractivity contribution in [2.45, 2.75) is 18.0 Å². The lowest BCUT2D eigenvalue weighted by atomic mass is 10.0. The van der Waals surface area contributed by atoms with Crippen LogP contribution >= 0.6 is 11.8 Å². The topological polar surface area (TPSA) is 40.5 Å². The maximum atomic E-state index is 12.6. The molecule has 0 aliphatic carbocycles. The van der Waals surface area contributed by atoms with Gasteiger partial charge in [0.15, 0.2) is 0 Å². The first-order valence-electron chi connectivity index (χ1n) is 7.03. The summed E-state index contributed by atoms with van der Waals surface area (Å²) >= 11 is 1.64. The number of amides is 1. The smallest absolute Gasteiger partial charge is 0.255 e. The molecular formula is C17H15NO2S. The van der Waals surface area contributed by atoms with Crippen molar-refractivity contribution in [1.82, 2.24) is 4.90 Å². The average Bonchev–Trinajstić information content (AvgIpc) is 2.77. The summed E-state index contributed by atoms with van der Waals surface area (Å²) in [5.74, 6) is 0.689. The summed E-state index contributed by atoms with van der Waals surface area (Å²) < 4.78 is 0. The molecule has 0 bridgehead atoms. The van der Waals surface area contributed by atoms with Crippen molar-refractivity contribution in [3.8, 4) is 0 Å². The fourth-order valence-electron chi connectivity index (χ4n) is 3.13. The Bertz CT molecular complexity index is 715. The lowest BCUT2D eigenvalue weighted by Crippen LogP contribution is -2.29. The number of nitrogens with zero attached hydrogens (tertiary/aromatic N) is 1. The molecule has 2 atom stereocenters. The largest absolute Gasteiger partial charge is 0.388 e. The minimum Gasteiger partial charge on any atom is -0.388 e. The zero-order valence-corrected chi connectivity index (χ0v) is 12.2. The van der Waals surface area contributed by atoms with Crippen LogP contribution in [-0.2, 0) is 6.54 Å². The normalized spacial score (nSPS) is 23.9. The summed E-state index contributed by atoms with van der Waals surface area (Å²) in [6.45, 7) is 0.554. The van der Waals surface area contributed by atoms with Gasteiger partial charge in [-0.05, 0) is 22.8 Å². The Balaban J connectivity index is 1.80. The fraction of sp³-hybridized carbons (Fsp3) is 0.235. The Hall–Kier alpha value is -1.78. The predicted octanol–water partition coefficient (Wildman–Crippen LogP) is 3.12. The maximum absolute atomic E-state index is 12.6. The number of benzene rings is 2. The molecule has 0 aromatic heterocycles. The standard InChI is InChI=1S/C17H15NO2S/c19-15-10-21-17-14-8-4-3-7-13(14)16(20)18(17)9-11-5-1-2-6-12(11)15/h1-8,15,17,19H,9-10H2/t15-,17+/m0/s1. The number of hydrogen-bond donors (Lipinski definition) is 1. The summed E-state index contributed by atoms with van der Waals surface area (Å²) in [6, 6.07) is 15.6. The van der Waals surface area contributed by atoms with Gasteiger partial charge in [-0.3, -0.25) is 4.79 Å². The van der Waals surface area contributed by atoms with E-state index < -0.39 is 6.10 Å². The lowest BCUT2D eigenvalue weighted by Gasteiger charge is -2.30. The molecule has 2 heterocycles. The molecule has 2 aromatic carbocycles. The van der Waals surface area contributed by atoms with E-state index in [4.69, 9.17) is 0 Å². The molecule has 2 aromatic rings. The highest BCUT2D eigenvalue weighted by atomic mass is 32.2. The van der Waals surface area contributed by atoms with Gasteiger partial charge in [0.25, 0.3) is 5.91 Å². The molecular weight excluding hydrogens is 282 g/mol. The number of aliphatic hydroxyl groups excluding tert-OH is 1. The van der Waals surface area contributed by atoms with Gasteiger partial charge in [-0.25, -0.2) is 0 Å². The van der Waals surface area contributed by atoms with E-state index in [9.17, 15) is 9.90 Å². The Morgan fingerprint density at radius 2 is 1.76 bits per heavy atom. The lowest BCUT2D eigenvalue weighted by molar-refractivity contribution is 0.0756. The van der Waals surface area contributed by atoms with Crippen molar-refractivity contribution in [3.63, 3.8) is 0 Å². The average molecular weight is 297 g/mol. The van der Waals surface area contributed by atoms with E-state index in [0.717, 1.165) is 22.3 Å². The minimum atomic E-state index is -0.476. The summed E-state index contributed by atoms with van der Waals surface area (Å²) in [6.07, 6.45) is -0.476. The highest BCUT2D eigenvalue weighted by Gasteiger charge is 2.38. The van der Waals surface area contributed by atoms with Crippen LogP contribution in [-0.4, -0.2) is 21.7 Å². The molecule has 4 rings (SSSR count). The van der Waals surface area contributed by atoms with Crippen LogP contribution in [0.25, 0.3) is 0 Å².